The first-order chi connectivity index (χ1) is 33.2. The molecule has 0 aromatic heterocycles. The smallest absolute Gasteiger partial charge is 0.508 e. The van der Waals surface area contributed by atoms with Gasteiger partial charge in [0.05, 0.1) is 14.2 Å². The Morgan fingerprint density at radius 1 is 0.594 bits per heavy atom. The van der Waals surface area contributed by atoms with Gasteiger partial charge in [0.15, 0.2) is 17.3 Å². The maximum atomic E-state index is 13.1. The number of carbonyl (C=O) groups is 3. The molecule has 0 aliphatic heterocycles. The lowest BCUT2D eigenvalue weighted by molar-refractivity contribution is 0.0801. The van der Waals surface area contributed by atoms with Gasteiger partial charge in [0.25, 0.3) is 0 Å². The van der Waals surface area contributed by atoms with E-state index in [0.29, 0.717) is 17.8 Å². The minimum atomic E-state index is -3.67. The Bertz CT molecular complexity index is 2710. The Balaban J connectivity index is 0.000000149. The molecule has 69 heavy (non-hydrogen) atoms. The van der Waals surface area contributed by atoms with Gasteiger partial charge >= 0.3 is 7.54 Å². The van der Waals surface area contributed by atoms with Gasteiger partial charge in [-0.25, -0.2) is 0 Å². The number of aryl methyl sites for hydroxylation is 1. The summed E-state index contributed by atoms with van der Waals surface area (Å²) in [5, 5.41) is 11.4. The molecule has 1 unspecified atom stereocenters. The summed E-state index contributed by atoms with van der Waals surface area (Å²) in [6, 6.07) is 42.0. The van der Waals surface area contributed by atoms with Crippen molar-refractivity contribution in [2.75, 3.05) is 26.7 Å². The SMILES string of the molecule is BrCc1ccccc1CBr.COc1ccc2c(c1)C(=O)C1(Cc3ccccc3C1)C2C.COc1ccc2c(c1)C(=O)CC2.CSC.FB(F)F.O=C1c2cc(O)ccc2CC12Cc1ccccc1C2. The Kier molecular flexibility index (Phi) is 18.6. The number of hydrogen-bond acceptors (Lipinski definition) is 7. The molecule has 6 nitrogen and oxygen atoms in total. The topological polar surface area (TPSA) is 89.9 Å². The monoisotopic (exact) mass is 1080 g/mol. The standard InChI is InChI=1S/C19H18O2.C17H14O2.C10H10O2.C8H8Br2.C2H6S.BF3/c1-12-16-8-7-15(21-2)9-17(16)18(20)19(12)10-13-5-3-4-6-14(13)11-19;18-14-6-5-13-10-17(16(19)15(13)7-14)8-11-3-1-2-4-12(11)9-17;1-12-8-4-2-7-3-5-10(11)9(7)6-8;9-5-7-3-1-2-4-8(7)6-10;1-3-2;2-1(3)4/h3-9,12H,10-11H2,1-2H3;1-7,18H,8-10H2;2,4,6H,3,5H2,1H3;1-4H,5-6H2;1-2H3;. The highest BCUT2D eigenvalue weighted by Gasteiger charge is 2.54. The highest BCUT2D eigenvalue weighted by atomic mass is 79.9. The summed E-state index contributed by atoms with van der Waals surface area (Å²) in [6.07, 6.45) is 9.81. The van der Waals surface area contributed by atoms with E-state index in [1.165, 1.54) is 38.9 Å². The number of methoxy groups -OCH3 is 2. The molecule has 1 atom stereocenters. The van der Waals surface area contributed by atoms with E-state index in [9.17, 15) is 32.4 Å². The lowest BCUT2D eigenvalue weighted by atomic mass is 9.74. The van der Waals surface area contributed by atoms with E-state index in [4.69, 9.17) is 9.47 Å². The fourth-order valence-electron chi connectivity index (χ4n) is 10.1. The van der Waals surface area contributed by atoms with E-state index in [2.05, 4.69) is 106 Å². The fourth-order valence-corrected chi connectivity index (χ4v) is 11.2. The van der Waals surface area contributed by atoms with Crippen molar-refractivity contribution in [2.24, 2.45) is 10.8 Å². The second kappa shape index (κ2) is 24.1. The zero-order chi connectivity index (χ0) is 49.9. The summed E-state index contributed by atoms with van der Waals surface area (Å²) < 4.78 is 39.3. The molecule has 0 fully saturated rings. The van der Waals surface area contributed by atoms with E-state index in [1.54, 1.807) is 38.1 Å². The summed E-state index contributed by atoms with van der Waals surface area (Å²) in [4.78, 5) is 37.1. The van der Waals surface area contributed by atoms with Gasteiger partial charge in [-0.05, 0) is 143 Å². The van der Waals surface area contributed by atoms with Gasteiger partial charge in [0.2, 0.25) is 0 Å². The Hall–Kier alpha value is -5.11. The second-order valence-electron chi connectivity index (χ2n) is 17.7. The molecule has 6 aromatic carbocycles. The molecule has 0 saturated carbocycles. The number of carbonyl (C=O) groups excluding carboxylic acids is 3. The van der Waals surface area contributed by atoms with Crippen LogP contribution < -0.4 is 9.47 Å². The summed E-state index contributed by atoms with van der Waals surface area (Å²) in [5.74, 6) is 2.71. The van der Waals surface area contributed by atoms with Crippen molar-refractivity contribution in [3.05, 3.63) is 194 Å². The number of thioether (sulfide) groups is 1. The zero-order valence-electron chi connectivity index (χ0n) is 39.4. The van der Waals surface area contributed by atoms with Gasteiger partial charge in [-0.3, -0.25) is 27.3 Å². The number of halogens is 5. The number of fused-ring (bicyclic) bond motifs is 5. The average molecular weight is 1080 g/mol. The summed E-state index contributed by atoms with van der Waals surface area (Å²) in [7, 11) is -0.410. The maximum Gasteiger partial charge on any atom is 0.762 e. The predicted molar refractivity (Wildman–Crippen MR) is 280 cm³/mol. The highest BCUT2D eigenvalue weighted by molar-refractivity contribution is 9.09. The zero-order valence-corrected chi connectivity index (χ0v) is 43.4. The van der Waals surface area contributed by atoms with Crippen LogP contribution >= 0.6 is 43.6 Å². The lowest BCUT2D eigenvalue weighted by Gasteiger charge is -2.27. The number of Topliss-reactive ketones (excluding diaryl/α,β-unsaturated/α-hetero) is 3. The number of ketones is 3. The number of ether oxygens (including phenoxy) is 2. The molecule has 0 radical (unpaired) electrons. The second-order valence-corrected chi connectivity index (χ2v) is 19.6. The molecule has 0 heterocycles. The molecule has 0 amide bonds. The lowest BCUT2D eigenvalue weighted by Crippen LogP contribution is -2.31. The van der Waals surface area contributed by atoms with Crippen LogP contribution in [0, 0.1) is 10.8 Å². The maximum absolute atomic E-state index is 13.1. The summed E-state index contributed by atoms with van der Waals surface area (Å²) in [6.45, 7) is 2.20. The summed E-state index contributed by atoms with van der Waals surface area (Å²) >= 11 is 8.61. The van der Waals surface area contributed by atoms with Crippen LogP contribution in [0.4, 0.5) is 12.9 Å². The molecular formula is C56H56BBr2F3O6S. The molecule has 11 rings (SSSR count). The number of aromatic hydroxyl groups is 1. The van der Waals surface area contributed by atoms with Gasteiger partial charge in [0, 0.05) is 44.6 Å². The minimum Gasteiger partial charge on any atom is -0.508 e. The molecule has 5 aliphatic rings. The predicted octanol–water partition coefficient (Wildman–Crippen LogP) is 13.9. The van der Waals surface area contributed by atoms with Crippen LogP contribution in [0.2, 0.25) is 0 Å². The molecule has 0 saturated heterocycles. The van der Waals surface area contributed by atoms with Crippen LogP contribution in [-0.2, 0) is 49.2 Å². The molecule has 2 spiro atoms. The highest BCUT2D eigenvalue weighted by Crippen LogP contribution is 2.55. The van der Waals surface area contributed by atoms with Gasteiger partial charge in [0.1, 0.15) is 17.2 Å². The molecule has 360 valence electrons. The van der Waals surface area contributed by atoms with Crippen molar-refractivity contribution >= 4 is 68.5 Å². The number of phenols is 1. The third-order valence-corrected chi connectivity index (χ3v) is 14.8. The molecule has 5 aliphatic carbocycles. The van der Waals surface area contributed by atoms with E-state index < -0.39 is 7.54 Å². The van der Waals surface area contributed by atoms with Gasteiger partial charge < -0.3 is 14.6 Å². The van der Waals surface area contributed by atoms with Crippen LogP contribution in [0.25, 0.3) is 0 Å². The Morgan fingerprint density at radius 2 is 1.04 bits per heavy atom. The van der Waals surface area contributed by atoms with E-state index in [1.807, 2.05) is 61.0 Å². The molecule has 13 heteroatoms. The Labute approximate surface area is 425 Å². The van der Waals surface area contributed by atoms with Crippen molar-refractivity contribution in [3.8, 4) is 17.2 Å². The third-order valence-electron chi connectivity index (χ3n) is 13.6. The van der Waals surface area contributed by atoms with Gasteiger partial charge in [-0.2, -0.15) is 11.8 Å². The number of alkyl halides is 2. The van der Waals surface area contributed by atoms with Crippen LogP contribution in [0.15, 0.2) is 127 Å². The first-order valence-electron chi connectivity index (χ1n) is 22.6. The molecule has 1 N–H and O–H groups in total. The van der Waals surface area contributed by atoms with Gasteiger partial charge in [-0.1, -0.05) is 130 Å². The first kappa shape index (κ1) is 53.3. The quantitative estimate of drug-likeness (QED) is 0.139. The van der Waals surface area contributed by atoms with Crippen molar-refractivity contribution in [2.45, 2.75) is 68.4 Å². The van der Waals surface area contributed by atoms with Crippen molar-refractivity contribution in [1.29, 1.82) is 0 Å². The van der Waals surface area contributed by atoms with E-state index in [-0.39, 0.29) is 34.1 Å². The fraction of sp³-hybridized carbons (Fsp3) is 0.304. The molecular weight excluding hydrogens is 1030 g/mol. The van der Waals surface area contributed by atoms with Crippen LogP contribution in [0.5, 0.6) is 17.2 Å². The van der Waals surface area contributed by atoms with E-state index >= 15 is 0 Å². The Morgan fingerprint density at radius 3 is 1.55 bits per heavy atom. The van der Waals surface area contributed by atoms with Crippen LogP contribution in [0.1, 0.15) is 100 Å². The normalized spacial score (nSPS) is 16.3. The average Bonchev–Trinajstić information content (AvgIpc) is 4.15. The van der Waals surface area contributed by atoms with Crippen LogP contribution in [-0.4, -0.2) is 56.7 Å². The third kappa shape index (κ3) is 12.1. The number of hydrogen-bond donors (Lipinski definition) is 1. The van der Waals surface area contributed by atoms with Crippen molar-refractivity contribution in [1.82, 2.24) is 0 Å². The number of benzene rings is 6. The first-order valence-corrected chi connectivity index (χ1v) is 26.5. The van der Waals surface area contributed by atoms with Gasteiger partial charge in [-0.15, -0.1) is 0 Å². The number of phenolic OH excluding ortho intramolecular Hbond substituents is 1. The molecule has 6 aromatic rings. The molecule has 0 bridgehead atoms. The summed E-state index contributed by atoms with van der Waals surface area (Å²) in [5.41, 5.74) is 13.2. The van der Waals surface area contributed by atoms with E-state index in [0.717, 1.165) is 82.9 Å². The van der Waals surface area contributed by atoms with Crippen molar-refractivity contribution in [3.63, 3.8) is 0 Å². The minimum absolute atomic E-state index is 0.180. The van der Waals surface area contributed by atoms with Crippen molar-refractivity contribution < 1.29 is 41.9 Å². The largest absolute Gasteiger partial charge is 0.762 e. The van der Waals surface area contributed by atoms with Crippen LogP contribution in [0.3, 0.4) is 0 Å². The number of rotatable bonds is 4.